The number of nitrogens with zero attached hydrogens (tertiary/aromatic N) is 2. The van der Waals surface area contributed by atoms with E-state index in [4.69, 9.17) is 4.74 Å². The highest BCUT2D eigenvalue weighted by atomic mass is 16.5. The first kappa shape index (κ1) is 17.5. The molecule has 6 nitrogen and oxygen atoms in total. The van der Waals surface area contributed by atoms with E-state index in [1.807, 2.05) is 54.7 Å². The predicted molar refractivity (Wildman–Crippen MR) is 103 cm³/mol. The van der Waals surface area contributed by atoms with Gasteiger partial charge in [0.1, 0.15) is 12.4 Å². The molecule has 2 amide bonds. The SMILES string of the molecule is CCc1cccc(NC(=O)Nc2cccc(OCCn3cccn3)c2)c1. The van der Waals surface area contributed by atoms with Crippen LogP contribution in [0.5, 0.6) is 5.75 Å². The van der Waals surface area contributed by atoms with E-state index >= 15 is 0 Å². The number of carbonyl (C=O) groups excluding carboxylic acids is 1. The molecule has 26 heavy (non-hydrogen) atoms. The number of hydrogen-bond acceptors (Lipinski definition) is 3. The minimum atomic E-state index is -0.285. The number of hydrogen-bond donors (Lipinski definition) is 2. The molecule has 0 saturated carbocycles. The Morgan fingerprint density at radius 2 is 1.85 bits per heavy atom. The standard InChI is InChI=1S/C20H22N4O2/c1-2-16-6-3-7-17(14-16)22-20(25)23-18-8-4-9-19(15-18)26-13-12-24-11-5-10-21-24/h3-11,14-15H,2,12-13H2,1H3,(H2,22,23,25). The number of rotatable bonds is 7. The Balaban J connectivity index is 1.53. The molecular formula is C20H22N4O2. The molecule has 2 N–H and O–H groups in total. The van der Waals surface area contributed by atoms with Crippen LogP contribution in [-0.2, 0) is 13.0 Å². The van der Waals surface area contributed by atoms with Crippen molar-refractivity contribution in [1.82, 2.24) is 9.78 Å². The van der Waals surface area contributed by atoms with Gasteiger partial charge in [0.15, 0.2) is 0 Å². The van der Waals surface area contributed by atoms with Crippen molar-refractivity contribution in [2.75, 3.05) is 17.2 Å². The number of ether oxygens (including phenoxy) is 1. The fraction of sp³-hybridized carbons (Fsp3) is 0.200. The Hall–Kier alpha value is -3.28. The second-order valence-corrected chi connectivity index (χ2v) is 5.78. The summed E-state index contributed by atoms with van der Waals surface area (Å²) in [6.07, 6.45) is 4.55. The number of benzene rings is 2. The molecule has 0 unspecified atom stereocenters. The number of nitrogens with one attached hydrogen (secondary N) is 2. The smallest absolute Gasteiger partial charge is 0.323 e. The lowest BCUT2D eigenvalue weighted by atomic mass is 10.1. The van der Waals surface area contributed by atoms with Gasteiger partial charge >= 0.3 is 6.03 Å². The van der Waals surface area contributed by atoms with Crippen LogP contribution in [0.4, 0.5) is 16.2 Å². The predicted octanol–water partition coefficient (Wildman–Crippen LogP) is 4.17. The average molecular weight is 350 g/mol. The first-order valence-corrected chi connectivity index (χ1v) is 8.60. The van der Waals surface area contributed by atoms with Crippen LogP contribution >= 0.6 is 0 Å². The van der Waals surface area contributed by atoms with E-state index in [0.717, 1.165) is 12.1 Å². The van der Waals surface area contributed by atoms with Gasteiger partial charge in [0.05, 0.1) is 6.54 Å². The van der Waals surface area contributed by atoms with Gasteiger partial charge in [0.25, 0.3) is 0 Å². The zero-order valence-corrected chi connectivity index (χ0v) is 14.7. The highest BCUT2D eigenvalue weighted by Crippen LogP contribution is 2.18. The van der Waals surface area contributed by atoms with E-state index in [-0.39, 0.29) is 6.03 Å². The van der Waals surface area contributed by atoms with Crippen molar-refractivity contribution in [2.45, 2.75) is 19.9 Å². The van der Waals surface area contributed by atoms with Crippen molar-refractivity contribution < 1.29 is 9.53 Å². The summed E-state index contributed by atoms with van der Waals surface area (Å²) < 4.78 is 7.52. The molecule has 0 fully saturated rings. The first-order valence-electron chi connectivity index (χ1n) is 8.60. The number of anilines is 2. The Labute approximate surface area is 152 Å². The van der Waals surface area contributed by atoms with Crippen molar-refractivity contribution in [3.05, 3.63) is 72.6 Å². The van der Waals surface area contributed by atoms with Crippen molar-refractivity contribution in [3.63, 3.8) is 0 Å². The molecular weight excluding hydrogens is 328 g/mol. The monoisotopic (exact) mass is 350 g/mol. The van der Waals surface area contributed by atoms with Crippen LogP contribution in [0.2, 0.25) is 0 Å². The van der Waals surface area contributed by atoms with E-state index in [1.165, 1.54) is 5.56 Å². The number of urea groups is 1. The van der Waals surface area contributed by atoms with Crippen molar-refractivity contribution in [1.29, 1.82) is 0 Å². The lowest BCUT2D eigenvalue weighted by molar-refractivity contribution is 0.262. The van der Waals surface area contributed by atoms with Crippen LogP contribution < -0.4 is 15.4 Å². The summed E-state index contributed by atoms with van der Waals surface area (Å²) >= 11 is 0. The van der Waals surface area contributed by atoms with Gasteiger partial charge in [-0.05, 0) is 42.3 Å². The number of aromatic nitrogens is 2. The number of amides is 2. The fourth-order valence-corrected chi connectivity index (χ4v) is 2.52. The van der Waals surface area contributed by atoms with Gasteiger partial charge in [-0.25, -0.2) is 4.79 Å². The third-order valence-corrected chi connectivity index (χ3v) is 3.83. The second-order valence-electron chi connectivity index (χ2n) is 5.78. The lowest BCUT2D eigenvalue weighted by Crippen LogP contribution is -2.19. The molecule has 3 rings (SSSR count). The minimum absolute atomic E-state index is 0.285. The van der Waals surface area contributed by atoms with Gasteiger partial charge in [0, 0.05) is 29.8 Å². The Bertz CT molecular complexity index is 847. The highest BCUT2D eigenvalue weighted by Gasteiger charge is 2.04. The molecule has 2 aromatic carbocycles. The number of aryl methyl sites for hydroxylation is 1. The molecule has 0 aliphatic carbocycles. The third kappa shape index (κ3) is 5.11. The Morgan fingerprint density at radius 3 is 2.58 bits per heavy atom. The van der Waals surface area contributed by atoms with Crippen LogP contribution in [0.15, 0.2) is 67.0 Å². The zero-order chi connectivity index (χ0) is 18.2. The molecule has 0 spiro atoms. The van der Waals surface area contributed by atoms with E-state index in [0.29, 0.717) is 24.6 Å². The van der Waals surface area contributed by atoms with Crippen LogP contribution in [0.1, 0.15) is 12.5 Å². The maximum absolute atomic E-state index is 12.2. The summed E-state index contributed by atoms with van der Waals surface area (Å²) in [6.45, 7) is 3.25. The maximum Gasteiger partial charge on any atom is 0.323 e. The largest absolute Gasteiger partial charge is 0.492 e. The Morgan fingerprint density at radius 1 is 1.08 bits per heavy atom. The average Bonchev–Trinajstić information content (AvgIpc) is 3.15. The van der Waals surface area contributed by atoms with E-state index in [1.54, 1.807) is 16.9 Å². The molecule has 3 aromatic rings. The topological polar surface area (TPSA) is 68.2 Å². The second kappa shape index (κ2) is 8.71. The fourth-order valence-electron chi connectivity index (χ4n) is 2.52. The summed E-state index contributed by atoms with van der Waals surface area (Å²) in [5.74, 6) is 0.697. The summed E-state index contributed by atoms with van der Waals surface area (Å²) in [4.78, 5) is 12.2. The molecule has 6 heteroatoms. The summed E-state index contributed by atoms with van der Waals surface area (Å²) in [5.41, 5.74) is 2.62. The van der Waals surface area contributed by atoms with Crippen molar-refractivity contribution in [2.24, 2.45) is 0 Å². The van der Waals surface area contributed by atoms with Crippen LogP contribution in [-0.4, -0.2) is 22.4 Å². The van der Waals surface area contributed by atoms with Crippen LogP contribution in [0, 0.1) is 0 Å². The molecule has 0 atom stereocenters. The third-order valence-electron chi connectivity index (χ3n) is 3.83. The van der Waals surface area contributed by atoms with Gasteiger partial charge in [-0.1, -0.05) is 25.1 Å². The molecule has 0 radical (unpaired) electrons. The number of carbonyl (C=O) groups is 1. The molecule has 1 aromatic heterocycles. The van der Waals surface area contributed by atoms with Crippen molar-refractivity contribution in [3.8, 4) is 5.75 Å². The molecule has 0 bridgehead atoms. The quantitative estimate of drug-likeness (QED) is 0.672. The molecule has 0 aliphatic heterocycles. The molecule has 1 heterocycles. The van der Waals surface area contributed by atoms with Gasteiger partial charge in [-0.15, -0.1) is 0 Å². The van der Waals surface area contributed by atoms with Gasteiger partial charge in [-0.3, -0.25) is 4.68 Å². The summed E-state index contributed by atoms with van der Waals surface area (Å²) in [7, 11) is 0. The van der Waals surface area contributed by atoms with Gasteiger partial charge in [-0.2, -0.15) is 5.10 Å². The van der Waals surface area contributed by atoms with Crippen LogP contribution in [0.25, 0.3) is 0 Å². The van der Waals surface area contributed by atoms with E-state index in [9.17, 15) is 4.79 Å². The summed E-state index contributed by atoms with van der Waals surface area (Å²) in [6, 6.07) is 16.7. The van der Waals surface area contributed by atoms with Gasteiger partial charge in [0.2, 0.25) is 0 Å². The van der Waals surface area contributed by atoms with E-state index in [2.05, 4.69) is 22.7 Å². The van der Waals surface area contributed by atoms with Crippen molar-refractivity contribution >= 4 is 17.4 Å². The normalized spacial score (nSPS) is 10.3. The zero-order valence-electron chi connectivity index (χ0n) is 14.7. The molecule has 134 valence electrons. The van der Waals surface area contributed by atoms with Crippen LogP contribution in [0.3, 0.4) is 0 Å². The lowest BCUT2D eigenvalue weighted by Gasteiger charge is -2.11. The Kier molecular flexibility index (Phi) is 5.88. The first-order chi connectivity index (χ1) is 12.7. The van der Waals surface area contributed by atoms with Gasteiger partial charge < -0.3 is 15.4 Å². The highest BCUT2D eigenvalue weighted by molar-refractivity contribution is 5.99. The maximum atomic E-state index is 12.2. The van der Waals surface area contributed by atoms with E-state index < -0.39 is 0 Å². The summed E-state index contributed by atoms with van der Waals surface area (Å²) in [5, 5.41) is 9.80. The molecule has 0 aliphatic rings. The molecule has 0 saturated heterocycles. The minimum Gasteiger partial charge on any atom is -0.492 e.